The molecule has 0 aliphatic carbocycles. The van der Waals surface area contributed by atoms with E-state index in [-0.39, 0.29) is 36.5 Å². The number of aryl methyl sites for hydroxylation is 1. The fourth-order valence-corrected chi connectivity index (χ4v) is 5.00. The molecule has 0 fully saturated rings. The van der Waals surface area contributed by atoms with E-state index in [1.54, 1.807) is 40.0 Å². The van der Waals surface area contributed by atoms with Gasteiger partial charge in [0.1, 0.15) is 0 Å². The van der Waals surface area contributed by atoms with E-state index < -0.39 is 0 Å². The number of likely N-dealkylation sites (N-methyl/N-ethyl adjacent to an activating group) is 1. The van der Waals surface area contributed by atoms with Gasteiger partial charge in [-0.1, -0.05) is 36.4 Å². The van der Waals surface area contributed by atoms with Crippen LogP contribution < -0.4 is 11.1 Å². The first-order chi connectivity index (χ1) is 19.7. The SMILES string of the molecule is C[C@H](CO)N1C[C@H](C)[C@H](CN(C)Cc2ccc(C(=O)Nc3ccccc3N)cc2)OCc2cnnn2CCCC1=O. The topological polar surface area (TPSA) is 139 Å². The van der Waals surface area contributed by atoms with Gasteiger partial charge in [-0.3, -0.25) is 14.5 Å². The average Bonchev–Trinajstić information content (AvgIpc) is 3.41. The van der Waals surface area contributed by atoms with E-state index in [1.165, 1.54) is 0 Å². The molecular formula is C30H41N7O4. The molecule has 1 aromatic heterocycles. The Morgan fingerprint density at radius 3 is 2.73 bits per heavy atom. The minimum Gasteiger partial charge on any atom is -0.397 e. The van der Waals surface area contributed by atoms with Crippen LogP contribution in [0.15, 0.2) is 54.7 Å². The van der Waals surface area contributed by atoms with E-state index in [4.69, 9.17) is 10.5 Å². The highest BCUT2D eigenvalue weighted by molar-refractivity contribution is 6.05. The van der Waals surface area contributed by atoms with Gasteiger partial charge in [-0.2, -0.15) is 0 Å². The molecule has 2 aromatic carbocycles. The van der Waals surface area contributed by atoms with E-state index in [9.17, 15) is 14.7 Å². The molecule has 0 saturated heterocycles. The first kappa shape index (κ1) is 30.2. The van der Waals surface area contributed by atoms with Gasteiger partial charge in [-0.25, -0.2) is 4.68 Å². The van der Waals surface area contributed by atoms with E-state index >= 15 is 0 Å². The highest BCUT2D eigenvalue weighted by Crippen LogP contribution is 2.20. The van der Waals surface area contributed by atoms with Crippen molar-refractivity contribution in [3.8, 4) is 0 Å². The number of para-hydroxylation sites is 2. The van der Waals surface area contributed by atoms with Crippen LogP contribution >= 0.6 is 0 Å². The van der Waals surface area contributed by atoms with Crippen molar-refractivity contribution in [3.63, 3.8) is 0 Å². The van der Waals surface area contributed by atoms with Gasteiger partial charge in [0.2, 0.25) is 5.91 Å². The highest BCUT2D eigenvalue weighted by Gasteiger charge is 2.28. The number of aliphatic hydroxyl groups excluding tert-OH is 1. The molecular weight excluding hydrogens is 522 g/mol. The molecule has 0 radical (unpaired) electrons. The Bertz CT molecular complexity index is 1300. The largest absolute Gasteiger partial charge is 0.397 e. The molecule has 11 nitrogen and oxygen atoms in total. The normalized spacial score (nSPS) is 19.2. The summed E-state index contributed by atoms with van der Waals surface area (Å²) in [5, 5.41) is 20.9. The molecule has 2 heterocycles. The summed E-state index contributed by atoms with van der Waals surface area (Å²) in [6.07, 6.45) is 2.55. The number of carbonyl (C=O) groups excluding carboxylic acids is 2. The van der Waals surface area contributed by atoms with Crippen LogP contribution in [-0.4, -0.2) is 80.6 Å². The maximum atomic E-state index is 13.1. The van der Waals surface area contributed by atoms with Gasteiger partial charge >= 0.3 is 0 Å². The van der Waals surface area contributed by atoms with Gasteiger partial charge in [-0.05, 0) is 50.2 Å². The third-order valence-corrected chi connectivity index (χ3v) is 7.51. The average molecular weight is 564 g/mol. The molecule has 41 heavy (non-hydrogen) atoms. The molecule has 3 atom stereocenters. The zero-order valence-corrected chi connectivity index (χ0v) is 24.1. The van der Waals surface area contributed by atoms with Crippen LogP contribution in [-0.2, 0) is 29.2 Å². The number of carbonyl (C=O) groups is 2. The fraction of sp³-hybridized carbons (Fsp3) is 0.467. The number of rotatable bonds is 8. The number of nitrogens with zero attached hydrogens (tertiary/aromatic N) is 5. The highest BCUT2D eigenvalue weighted by atomic mass is 16.5. The Labute approximate surface area is 241 Å². The number of hydrogen-bond acceptors (Lipinski definition) is 8. The molecule has 0 spiro atoms. The lowest BCUT2D eigenvalue weighted by Crippen LogP contribution is -2.47. The van der Waals surface area contributed by atoms with Crippen LogP contribution in [0.3, 0.4) is 0 Å². The molecule has 1 aliphatic rings. The maximum Gasteiger partial charge on any atom is 0.255 e. The second kappa shape index (κ2) is 14.2. The lowest BCUT2D eigenvalue weighted by Gasteiger charge is -2.35. The number of aromatic nitrogens is 3. The quantitative estimate of drug-likeness (QED) is 0.356. The van der Waals surface area contributed by atoms with Crippen LogP contribution in [0, 0.1) is 5.92 Å². The van der Waals surface area contributed by atoms with E-state index in [2.05, 4.69) is 27.5 Å². The third kappa shape index (κ3) is 8.12. The molecule has 4 rings (SSSR count). The summed E-state index contributed by atoms with van der Waals surface area (Å²) in [7, 11) is 2.02. The summed E-state index contributed by atoms with van der Waals surface area (Å²) >= 11 is 0. The summed E-state index contributed by atoms with van der Waals surface area (Å²) in [5.74, 6) is -0.189. The van der Waals surface area contributed by atoms with Gasteiger partial charge in [0.15, 0.2) is 0 Å². The minimum atomic E-state index is -0.276. The van der Waals surface area contributed by atoms with Crippen LogP contribution in [0.25, 0.3) is 0 Å². The molecule has 220 valence electrons. The van der Waals surface area contributed by atoms with Gasteiger partial charge in [-0.15, -0.1) is 5.10 Å². The number of amides is 2. The molecule has 2 amide bonds. The van der Waals surface area contributed by atoms with Crippen molar-refractivity contribution in [1.29, 1.82) is 0 Å². The molecule has 4 N–H and O–H groups in total. The monoisotopic (exact) mass is 563 g/mol. The summed E-state index contributed by atoms with van der Waals surface area (Å²) in [6.45, 7) is 6.57. The molecule has 0 saturated carbocycles. The fourth-order valence-electron chi connectivity index (χ4n) is 5.00. The lowest BCUT2D eigenvalue weighted by atomic mass is 10.0. The maximum absolute atomic E-state index is 13.1. The van der Waals surface area contributed by atoms with Gasteiger partial charge < -0.3 is 25.8 Å². The summed E-state index contributed by atoms with van der Waals surface area (Å²) in [4.78, 5) is 29.7. The van der Waals surface area contributed by atoms with Crippen molar-refractivity contribution in [3.05, 3.63) is 71.5 Å². The Hall–Kier alpha value is -3.80. The molecule has 0 unspecified atom stereocenters. The van der Waals surface area contributed by atoms with E-state index in [0.717, 1.165) is 11.3 Å². The van der Waals surface area contributed by atoms with Crippen molar-refractivity contribution < 1.29 is 19.4 Å². The number of ether oxygens (including phenoxy) is 1. The van der Waals surface area contributed by atoms with Crippen LogP contribution in [0.2, 0.25) is 0 Å². The Morgan fingerprint density at radius 2 is 2.00 bits per heavy atom. The Balaban J connectivity index is 1.42. The number of benzene rings is 2. The van der Waals surface area contributed by atoms with E-state index in [0.29, 0.717) is 62.6 Å². The molecule has 11 heteroatoms. The van der Waals surface area contributed by atoms with Crippen molar-refractivity contribution in [2.45, 2.75) is 58.5 Å². The van der Waals surface area contributed by atoms with Gasteiger partial charge in [0, 0.05) is 44.1 Å². The Morgan fingerprint density at radius 1 is 1.24 bits per heavy atom. The minimum absolute atomic E-state index is 0.00986. The lowest BCUT2D eigenvalue weighted by molar-refractivity contribution is -0.136. The first-order valence-electron chi connectivity index (χ1n) is 14.1. The third-order valence-electron chi connectivity index (χ3n) is 7.51. The number of hydrogen-bond donors (Lipinski definition) is 3. The number of nitrogen functional groups attached to an aromatic ring is 1. The number of nitrogens with two attached hydrogens (primary N) is 1. The summed E-state index contributed by atoms with van der Waals surface area (Å²) in [5.41, 5.74) is 9.52. The summed E-state index contributed by atoms with van der Waals surface area (Å²) < 4.78 is 8.22. The van der Waals surface area contributed by atoms with Gasteiger partial charge in [0.25, 0.3) is 5.91 Å². The number of anilines is 2. The number of nitrogens with one attached hydrogen (secondary N) is 1. The van der Waals surface area contributed by atoms with Crippen LogP contribution in [0.5, 0.6) is 0 Å². The number of fused-ring (bicyclic) bond motifs is 1. The van der Waals surface area contributed by atoms with Crippen molar-refractivity contribution in [2.24, 2.45) is 5.92 Å². The van der Waals surface area contributed by atoms with E-state index in [1.807, 2.05) is 38.2 Å². The predicted molar refractivity (Wildman–Crippen MR) is 157 cm³/mol. The van der Waals surface area contributed by atoms with Crippen molar-refractivity contribution in [1.82, 2.24) is 24.8 Å². The summed E-state index contributed by atoms with van der Waals surface area (Å²) in [6, 6.07) is 14.4. The second-order valence-electron chi connectivity index (χ2n) is 10.9. The molecule has 3 aromatic rings. The van der Waals surface area contributed by atoms with Crippen molar-refractivity contribution >= 4 is 23.2 Å². The molecule has 0 bridgehead atoms. The zero-order chi connectivity index (χ0) is 29.4. The standard InChI is InChI=1S/C30H41N7O4/c1-21-16-36(22(2)19-38)29(39)9-6-14-37-25(15-32-34-37)20-41-28(21)18-35(3)17-23-10-12-24(13-11-23)30(40)33-27-8-5-4-7-26(27)31/h4-5,7-8,10-13,15,21-22,28,38H,6,9,14,16-20,31H2,1-3H3,(H,33,40)/t21-,22+,28-/m0/s1. The number of aliphatic hydroxyl groups is 1. The Kier molecular flexibility index (Phi) is 10.4. The predicted octanol–water partition coefficient (Wildman–Crippen LogP) is 2.77. The second-order valence-corrected chi connectivity index (χ2v) is 10.9. The smallest absolute Gasteiger partial charge is 0.255 e. The van der Waals surface area contributed by atoms with Crippen molar-refractivity contribution in [2.75, 3.05) is 37.8 Å². The van der Waals surface area contributed by atoms with Crippen LogP contribution in [0.1, 0.15) is 48.3 Å². The zero-order valence-electron chi connectivity index (χ0n) is 24.1. The van der Waals surface area contributed by atoms with Crippen LogP contribution in [0.4, 0.5) is 11.4 Å². The first-order valence-corrected chi connectivity index (χ1v) is 14.1. The molecule has 1 aliphatic heterocycles. The van der Waals surface area contributed by atoms with Gasteiger partial charge in [0.05, 0.1) is 48.6 Å².